The number of hydrogen-bond acceptors (Lipinski definition) is 5. The van der Waals surface area contributed by atoms with Gasteiger partial charge in [-0.05, 0) is 12.8 Å². The average molecular weight is 293 g/mol. The van der Waals surface area contributed by atoms with Crippen LogP contribution in [0.25, 0.3) is 0 Å². The van der Waals surface area contributed by atoms with Crippen LogP contribution in [-0.4, -0.2) is 53.3 Å². The Labute approximate surface area is 124 Å². The molecule has 1 saturated heterocycles. The van der Waals surface area contributed by atoms with Gasteiger partial charge < -0.3 is 19.5 Å². The maximum absolute atomic E-state index is 12.3. The van der Waals surface area contributed by atoms with E-state index in [0.717, 1.165) is 25.9 Å². The second kappa shape index (κ2) is 6.32. The highest BCUT2D eigenvalue weighted by Gasteiger charge is 2.25. The number of carbonyl (C=O) groups excluding carboxylic acids is 1. The Hall–Kier alpha value is -1.79. The Morgan fingerprint density at radius 2 is 1.86 bits per heavy atom. The molecule has 2 amide bonds. The second-order valence-corrected chi connectivity index (χ2v) is 5.86. The Morgan fingerprint density at radius 3 is 2.48 bits per heavy atom. The molecule has 116 valence electrons. The highest BCUT2D eigenvalue weighted by atomic mass is 16.4. The van der Waals surface area contributed by atoms with Crippen LogP contribution in [0.1, 0.15) is 38.0 Å². The fourth-order valence-corrected chi connectivity index (χ4v) is 3.03. The molecule has 1 N–H and O–H groups in total. The summed E-state index contributed by atoms with van der Waals surface area (Å²) in [6.07, 6.45) is 6.00. The lowest BCUT2D eigenvalue weighted by atomic mass is 9.96. The lowest BCUT2D eigenvalue weighted by Gasteiger charge is -2.35. The number of aryl methyl sites for hydroxylation is 1. The first kappa shape index (κ1) is 14.2. The van der Waals surface area contributed by atoms with Gasteiger partial charge in [0.2, 0.25) is 5.89 Å². The molecular formula is C14H23N5O2. The van der Waals surface area contributed by atoms with Crippen molar-refractivity contribution in [3.8, 4) is 0 Å². The van der Waals surface area contributed by atoms with Crippen LogP contribution in [-0.2, 0) is 0 Å². The zero-order valence-corrected chi connectivity index (χ0v) is 12.5. The molecule has 0 spiro atoms. The zero-order valence-electron chi connectivity index (χ0n) is 12.5. The van der Waals surface area contributed by atoms with E-state index in [9.17, 15) is 4.79 Å². The van der Waals surface area contributed by atoms with E-state index in [1.807, 2.05) is 9.80 Å². The quantitative estimate of drug-likeness (QED) is 0.895. The van der Waals surface area contributed by atoms with Crippen LogP contribution in [0.5, 0.6) is 0 Å². The fraction of sp³-hybridized carbons (Fsp3) is 0.786. The van der Waals surface area contributed by atoms with Gasteiger partial charge >= 0.3 is 12.0 Å². The van der Waals surface area contributed by atoms with Crippen LogP contribution >= 0.6 is 0 Å². The van der Waals surface area contributed by atoms with E-state index in [0.29, 0.717) is 31.0 Å². The smallest absolute Gasteiger partial charge is 0.318 e. The minimum Gasteiger partial charge on any atom is -0.408 e. The number of rotatable bonds is 2. The van der Waals surface area contributed by atoms with Crippen molar-refractivity contribution < 1.29 is 9.21 Å². The van der Waals surface area contributed by atoms with Crippen LogP contribution in [0.3, 0.4) is 0 Å². The lowest BCUT2D eigenvalue weighted by molar-refractivity contribution is 0.186. The number of anilines is 1. The summed E-state index contributed by atoms with van der Waals surface area (Å²) in [7, 11) is 0. The molecule has 7 heteroatoms. The topological polar surface area (TPSA) is 74.5 Å². The third kappa shape index (κ3) is 3.46. The molecule has 7 nitrogen and oxygen atoms in total. The minimum absolute atomic E-state index is 0.0725. The molecular weight excluding hydrogens is 270 g/mol. The molecule has 3 rings (SSSR count). The van der Waals surface area contributed by atoms with Gasteiger partial charge in [0.05, 0.1) is 0 Å². The Balaban J connectivity index is 1.47. The summed E-state index contributed by atoms with van der Waals surface area (Å²) in [6.45, 7) is 4.64. The van der Waals surface area contributed by atoms with E-state index in [1.54, 1.807) is 6.92 Å². The van der Waals surface area contributed by atoms with Crippen LogP contribution in [0.4, 0.5) is 10.8 Å². The number of aromatic nitrogens is 2. The Bertz CT molecular complexity index is 475. The number of hydrogen-bond donors (Lipinski definition) is 1. The van der Waals surface area contributed by atoms with Crippen molar-refractivity contribution in [1.29, 1.82) is 0 Å². The van der Waals surface area contributed by atoms with Crippen LogP contribution in [0, 0.1) is 6.92 Å². The van der Waals surface area contributed by atoms with Gasteiger partial charge in [-0.15, -0.1) is 5.10 Å². The number of piperazine rings is 1. The lowest BCUT2D eigenvalue weighted by Crippen LogP contribution is -2.53. The molecule has 1 aliphatic carbocycles. The summed E-state index contributed by atoms with van der Waals surface area (Å²) in [5, 5.41) is 11.0. The number of nitrogens with zero attached hydrogens (tertiary/aromatic N) is 4. The van der Waals surface area contributed by atoms with Gasteiger partial charge in [-0.2, -0.15) is 0 Å². The standard InChI is InChI=1S/C14H23N5O2/c1-11-16-17-14(21-11)19-9-7-18(8-10-19)13(20)15-12-5-3-2-4-6-12/h12H,2-10H2,1H3,(H,15,20). The summed E-state index contributed by atoms with van der Waals surface area (Å²) in [4.78, 5) is 16.2. The maximum Gasteiger partial charge on any atom is 0.318 e. The highest BCUT2D eigenvalue weighted by molar-refractivity contribution is 5.74. The van der Waals surface area contributed by atoms with E-state index >= 15 is 0 Å². The van der Waals surface area contributed by atoms with Crippen LogP contribution in [0.2, 0.25) is 0 Å². The average Bonchev–Trinajstić information content (AvgIpc) is 2.95. The van der Waals surface area contributed by atoms with Gasteiger partial charge in [-0.1, -0.05) is 24.4 Å². The molecule has 1 aromatic heterocycles. The number of amides is 2. The molecule has 0 unspecified atom stereocenters. The molecule has 0 aromatic carbocycles. The van der Waals surface area contributed by atoms with E-state index in [2.05, 4.69) is 15.5 Å². The van der Waals surface area contributed by atoms with Crippen molar-refractivity contribution >= 4 is 12.0 Å². The predicted molar refractivity (Wildman–Crippen MR) is 78.2 cm³/mol. The third-order valence-electron chi connectivity index (χ3n) is 4.29. The van der Waals surface area contributed by atoms with Crippen molar-refractivity contribution in [3.05, 3.63) is 5.89 Å². The molecule has 0 atom stereocenters. The van der Waals surface area contributed by atoms with Crippen molar-refractivity contribution in [2.24, 2.45) is 0 Å². The fourth-order valence-electron chi connectivity index (χ4n) is 3.03. The largest absolute Gasteiger partial charge is 0.408 e. The molecule has 0 radical (unpaired) electrons. The van der Waals surface area contributed by atoms with Crippen molar-refractivity contribution in [1.82, 2.24) is 20.4 Å². The Morgan fingerprint density at radius 1 is 1.14 bits per heavy atom. The van der Waals surface area contributed by atoms with Gasteiger partial charge in [0.1, 0.15) is 0 Å². The third-order valence-corrected chi connectivity index (χ3v) is 4.29. The van der Waals surface area contributed by atoms with Crippen molar-refractivity contribution in [3.63, 3.8) is 0 Å². The SMILES string of the molecule is Cc1nnc(N2CCN(C(=O)NC3CCCCC3)CC2)o1. The van der Waals surface area contributed by atoms with Gasteiger partial charge in [-0.3, -0.25) is 0 Å². The molecule has 2 fully saturated rings. The molecule has 0 bridgehead atoms. The van der Waals surface area contributed by atoms with E-state index in [-0.39, 0.29) is 6.03 Å². The van der Waals surface area contributed by atoms with E-state index in [1.165, 1.54) is 19.3 Å². The first-order valence-corrected chi connectivity index (χ1v) is 7.83. The molecule has 2 heterocycles. The highest BCUT2D eigenvalue weighted by Crippen LogP contribution is 2.18. The summed E-state index contributed by atoms with van der Waals surface area (Å²) in [5.41, 5.74) is 0. The predicted octanol–water partition coefficient (Wildman–Crippen LogP) is 1.54. The van der Waals surface area contributed by atoms with Gasteiger partial charge in [0.25, 0.3) is 0 Å². The maximum atomic E-state index is 12.3. The van der Waals surface area contributed by atoms with Gasteiger partial charge in [-0.25, -0.2) is 4.79 Å². The number of carbonyl (C=O) groups is 1. The minimum atomic E-state index is 0.0725. The molecule has 1 saturated carbocycles. The van der Waals surface area contributed by atoms with Gasteiger partial charge in [0, 0.05) is 39.1 Å². The summed E-state index contributed by atoms with van der Waals surface area (Å²) in [5.74, 6) is 0.572. The Kier molecular flexibility index (Phi) is 4.26. The van der Waals surface area contributed by atoms with E-state index < -0.39 is 0 Å². The number of nitrogens with one attached hydrogen (secondary N) is 1. The van der Waals surface area contributed by atoms with Crippen molar-refractivity contribution in [2.75, 3.05) is 31.1 Å². The molecule has 1 aliphatic heterocycles. The first-order valence-electron chi connectivity index (χ1n) is 7.83. The number of urea groups is 1. The molecule has 21 heavy (non-hydrogen) atoms. The van der Waals surface area contributed by atoms with Crippen LogP contribution < -0.4 is 10.2 Å². The monoisotopic (exact) mass is 293 g/mol. The van der Waals surface area contributed by atoms with Crippen LogP contribution in [0.15, 0.2) is 4.42 Å². The summed E-state index contributed by atoms with van der Waals surface area (Å²) >= 11 is 0. The molecule has 1 aromatic rings. The molecule has 2 aliphatic rings. The normalized spacial score (nSPS) is 20.6. The van der Waals surface area contributed by atoms with Gasteiger partial charge in [0.15, 0.2) is 0 Å². The summed E-state index contributed by atoms with van der Waals surface area (Å²) < 4.78 is 5.42. The summed E-state index contributed by atoms with van der Waals surface area (Å²) in [6, 6.07) is 0.992. The first-order chi connectivity index (χ1) is 10.2. The van der Waals surface area contributed by atoms with E-state index in [4.69, 9.17) is 4.42 Å². The van der Waals surface area contributed by atoms with Crippen molar-refractivity contribution in [2.45, 2.75) is 45.1 Å². The zero-order chi connectivity index (χ0) is 14.7. The second-order valence-electron chi connectivity index (χ2n) is 5.86.